The number of hydrazone groups is 1. The first-order chi connectivity index (χ1) is 16.1. The van der Waals surface area contributed by atoms with Crippen LogP contribution in [0.3, 0.4) is 0 Å². The summed E-state index contributed by atoms with van der Waals surface area (Å²) in [7, 11) is 3.10. The zero-order chi connectivity index (χ0) is 23.2. The highest BCUT2D eigenvalue weighted by Crippen LogP contribution is 2.29. The molecule has 1 aliphatic heterocycles. The van der Waals surface area contributed by atoms with Gasteiger partial charge in [-0.1, -0.05) is 18.2 Å². The summed E-state index contributed by atoms with van der Waals surface area (Å²) in [6.45, 7) is 0.114. The third-order valence-corrected chi connectivity index (χ3v) is 4.88. The molecular weight excluding hydrogens is 426 g/mol. The highest BCUT2D eigenvalue weighted by Gasteiger charge is 2.25. The van der Waals surface area contributed by atoms with Crippen molar-refractivity contribution in [3.05, 3.63) is 77.9 Å². The molecule has 33 heavy (non-hydrogen) atoms. The number of carbonyl (C=O) groups is 2. The van der Waals surface area contributed by atoms with E-state index in [0.717, 1.165) is 5.56 Å². The Morgan fingerprint density at radius 1 is 1.12 bits per heavy atom. The van der Waals surface area contributed by atoms with Crippen LogP contribution in [0.5, 0.6) is 11.5 Å². The second-order valence-corrected chi connectivity index (χ2v) is 6.93. The van der Waals surface area contributed by atoms with E-state index in [-0.39, 0.29) is 18.8 Å². The topological polar surface area (TPSA) is 115 Å². The average molecular weight is 447 g/mol. The Balaban J connectivity index is 1.57. The van der Waals surface area contributed by atoms with Crippen molar-refractivity contribution in [3.63, 3.8) is 0 Å². The summed E-state index contributed by atoms with van der Waals surface area (Å²) < 4.78 is 15.9. The predicted molar refractivity (Wildman–Crippen MR) is 119 cm³/mol. The molecule has 2 heterocycles. The Morgan fingerprint density at radius 3 is 2.70 bits per heavy atom. The van der Waals surface area contributed by atoms with Crippen molar-refractivity contribution in [3.8, 4) is 11.5 Å². The minimum Gasteiger partial charge on any atom is -0.493 e. The summed E-state index contributed by atoms with van der Waals surface area (Å²) in [6.07, 6.45) is 3.71. The summed E-state index contributed by atoms with van der Waals surface area (Å²) in [5, 5.41) is 8.50. The van der Waals surface area contributed by atoms with Gasteiger partial charge in [0.05, 0.1) is 27.0 Å². The van der Waals surface area contributed by atoms with Crippen LogP contribution in [0.15, 0.2) is 66.2 Å². The number of cyclic esters (lactones) is 1. The molecule has 0 spiro atoms. The number of hydrogen-bond acceptors (Lipinski definition) is 8. The number of anilines is 1. The fourth-order valence-corrected chi connectivity index (χ4v) is 3.22. The molecule has 0 bridgehead atoms. The van der Waals surface area contributed by atoms with Gasteiger partial charge in [-0.15, -0.1) is 0 Å². The molecule has 2 amide bonds. The molecule has 168 valence electrons. The number of benzene rings is 2. The van der Waals surface area contributed by atoms with Crippen LogP contribution in [0.4, 0.5) is 10.5 Å². The quantitative estimate of drug-likeness (QED) is 0.592. The maximum Gasteiger partial charge on any atom is 0.431 e. The van der Waals surface area contributed by atoms with Crippen LogP contribution in [0.25, 0.3) is 0 Å². The van der Waals surface area contributed by atoms with Gasteiger partial charge >= 0.3 is 6.09 Å². The van der Waals surface area contributed by atoms with Gasteiger partial charge in [-0.05, 0) is 29.8 Å². The lowest BCUT2D eigenvalue weighted by Crippen LogP contribution is -2.35. The number of aromatic nitrogens is 2. The second-order valence-electron chi connectivity index (χ2n) is 6.93. The van der Waals surface area contributed by atoms with Crippen molar-refractivity contribution in [1.82, 2.24) is 15.0 Å². The van der Waals surface area contributed by atoms with E-state index in [1.807, 2.05) is 12.1 Å². The van der Waals surface area contributed by atoms with Gasteiger partial charge in [-0.3, -0.25) is 9.78 Å². The highest BCUT2D eigenvalue weighted by molar-refractivity contribution is 6.04. The first kappa shape index (κ1) is 21.8. The lowest BCUT2D eigenvalue weighted by molar-refractivity contribution is 0.102. The third-order valence-electron chi connectivity index (χ3n) is 4.88. The Labute approximate surface area is 189 Å². The normalized spacial score (nSPS) is 13.1. The van der Waals surface area contributed by atoms with Gasteiger partial charge in [0.1, 0.15) is 18.0 Å². The van der Waals surface area contributed by atoms with E-state index in [1.54, 1.807) is 44.6 Å². The monoisotopic (exact) mass is 447 g/mol. The standard InChI is InChI=1S/C23H21N5O5/c1-31-20-8-7-15(11-21(20)32-2)19-14-33-23(30)28(27-19)13-16-5-3-4-6-17(16)26-22(29)18-12-24-9-10-25-18/h3-12H,13-14H2,1-2H3,(H,26,29). The number of hydrogen-bond donors (Lipinski definition) is 1. The van der Waals surface area contributed by atoms with Crippen LogP contribution in [0, 0.1) is 0 Å². The van der Waals surface area contributed by atoms with Crippen molar-refractivity contribution in [2.24, 2.45) is 5.10 Å². The molecule has 10 nitrogen and oxygen atoms in total. The molecule has 0 aliphatic carbocycles. The van der Waals surface area contributed by atoms with Gasteiger partial charge in [0.15, 0.2) is 11.5 Å². The second kappa shape index (κ2) is 9.77. The lowest BCUT2D eigenvalue weighted by atomic mass is 10.1. The van der Waals surface area contributed by atoms with E-state index in [9.17, 15) is 9.59 Å². The van der Waals surface area contributed by atoms with E-state index < -0.39 is 12.0 Å². The average Bonchev–Trinajstić information content (AvgIpc) is 2.86. The van der Waals surface area contributed by atoms with Crippen molar-refractivity contribution in [2.45, 2.75) is 6.54 Å². The molecule has 0 saturated carbocycles. The minimum atomic E-state index is -0.589. The van der Waals surface area contributed by atoms with E-state index >= 15 is 0 Å². The zero-order valence-electron chi connectivity index (χ0n) is 18.0. The van der Waals surface area contributed by atoms with E-state index in [0.29, 0.717) is 28.5 Å². The van der Waals surface area contributed by atoms with Gasteiger partial charge in [0, 0.05) is 23.6 Å². The summed E-state index contributed by atoms with van der Waals surface area (Å²) in [4.78, 5) is 32.8. The van der Waals surface area contributed by atoms with Gasteiger partial charge in [0.25, 0.3) is 5.91 Å². The molecule has 3 aromatic rings. The van der Waals surface area contributed by atoms with Crippen LogP contribution >= 0.6 is 0 Å². The predicted octanol–water partition coefficient (Wildman–Crippen LogP) is 3.10. The number of rotatable bonds is 7. The van der Waals surface area contributed by atoms with Crippen molar-refractivity contribution < 1.29 is 23.8 Å². The summed E-state index contributed by atoms with van der Waals surface area (Å²) >= 11 is 0. The molecule has 0 atom stereocenters. The maximum atomic E-state index is 12.5. The molecule has 1 aliphatic rings. The largest absolute Gasteiger partial charge is 0.493 e. The van der Waals surface area contributed by atoms with Crippen molar-refractivity contribution >= 4 is 23.4 Å². The molecule has 1 N–H and O–H groups in total. The number of methoxy groups -OCH3 is 2. The number of nitrogens with one attached hydrogen (secondary N) is 1. The number of amides is 2. The smallest absolute Gasteiger partial charge is 0.431 e. The number of carbonyl (C=O) groups excluding carboxylic acids is 2. The van der Waals surface area contributed by atoms with E-state index in [1.165, 1.54) is 23.6 Å². The Morgan fingerprint density at radius 2 is 1.94 bits per heavy atom. The Hall–Kier alpha value is -4.47. The molecule has 2 aromatic carbocycles. The molecule has 1 aromatic heterocycles. The molecule has 4 rings (SSSR count). The first-order valence-electron chi connectivity index (χ1n) is 9.98. The first-order valence-corrected chi connectivity index (χ1v) is 9.98. The maximum absolute atomic E-state index is 12.5. The van der Waals surface area contributed by atoms with Gasteiger partial charge in [-0.2, -0.15) is 10.1 Å². The lowest BCUT2D eigenvalue weighted by Gasteiger charge is -2.24. The van der Waals surface area contributed by atoms with Crippen LogP contribution in [0.1, 0.15) is 21.6 Å². The van der Waals surface area contributed by atoms with E-state index in [2.05, 4.69) is 20.4 Å². The molecule has 0 unspecified atom stereocenters. The molecule has 0 saturated heterocycles. The summed E-state index contributed by atoms with van der Waals surface area (Å²) in [5.41, 5.74) is 2.66. The summed E-state index contributed by atoms with van der Waals surface area (Å²) in [5.74, 6) is 0.712. The van der Waals surface area contributed by atoms with Gasteiger partial charge in [0.2, 0.25) is 0 Å². The van der Waals surface area contributed by atoms with E-state index in [4.69, 9.17) is 14.2 Å². The molecule has 0 radical (unpaired) electrons. The zero-order valence-corrected chi connectivity index (χ0v) is 18.0. The number of para-hydroxylation sites is 1. The fourth-order valence-electron chi connectivity index (χ4n) is 3.22. The highest BCUT2D eigenvalue weighted by atomic mass is 16.6. The number of nitrogens with zero attached hydrogens (tertiary/aromatic N) is 4. The molecule has 0 fully saturated rings. The molecule has 10 heteroatoms. The van der Waals surface area contributed by atoms with Gasteiger partial charge in [-0.25, -0.2) is 9.78 Å². The van der Waals surface area contributed by atoms with Crippen molar-refractivity contribution in [2.75, 3.05) is 26.1 Å². The van der Waals surface area contributed by atoms with Crippen LogP contribution < -0.4 is 14.8 Å². The van der Waals surface area contributed by atoms with Gasteiger partial charge < -0.3 is 19.5 Å². The number of ether oxygens (including phenoxy) is 3. The Kier molecular flexibility index (Phi) is 6.44. The third kappa shape index (κ3) is 4.90. The van der Waals surface area contributed by atoms with Crippen LogP contribution in [0.2, 0.25) is 0 Å². The van der Waals surface area contributed by atoms with Crippen molar-refractivity contribution in [1.29, 1.82) is 0 Å². The fraction of sp³-hybridized carbons (Fsp3) is 0.174. The summed E-state index contributed by atoms with van der Waals surface area (Å²) in [6, 6.07) is 12.5. The Bertz CT molecular complexity index is 1200. The molecular formula is C23H21N5O5. The van der Waals surface area contributed by atoms with Crippen LogP contribution in [-0.4, -0.2) is 53.5 Å². The SMILES string of the molecule is COc1ccc(C2=NN(Cc3ccccc3NC(=O)c3cnccn3)C(=O)OC2)cc1OC. The van der Waals surface area contributed by atoms with Crippen LogP contribution in [-0.2, 0) is 11.3 Å². The minimum absolute atomic E-state index is 0.0237.